The molecule has 0 bridgehead atoms. The third-order valence-corrected chi connectivity index (χ3v) is 2.35. The molecule has 0 heterocycles. The van der Waals surface area contributed by atoms with Crippen LogP contribution in [0.3, 0.4) is 0 Å². The highest BCUT2D eigenvalue weighted by atomic mass is 35.5. The molecule has 70 valence electrons. The summed E-state index contributed by atoms with van der Waals surface area (Å²) in [5.74, 6) is 0.267. The van der Waals surface area contributed by atoms with E-state index in [9.17, 15) is 10.1 Å². The Morgan fingerprint density at radius 2 is 2.15 bits per heavy atom. The second-order valence-electron chi connectivity index (χ2n) is 2.61. The van der Waals surface area contributed by atoms with E-state index in [1.165, 1.54) is 12.1 Å². The van der Waals surface area contributed by atoms with Crippen LogP contribution in [0.25, 0.3) is 0 Å². The van der Waals surface area contributed by atoms with Gasteiger partial charge in [-0.05, 0) is 18.1 Å². The molecule has 0 N–H and O–H groups in total. The van der Waals surface area contributed by atoms with Crippen LogP contribution in [0.4, 0.5) is 5.69 Å². The van der Waals surface area contributed by atoms with Gasteiger partial charge in [-0.3, -0.25) is 10.1 Å². The molecular formula is C8H7Cl2NO2. The number of nitro benzene ring substituents is 1. The molecule has 1 aromatic rings. The monoisotopic (exact) mass is 219 g/mol. The van der Waals surface area contributed by atoms with Crippen LogP contribution in [-0.4, -0.2) is 4.92 Å². The molecule has 0 amide bonds. The summed E-state index contributed by atoms with van der Waals surface area (Å²) in [5.41, 5.74) is 1.49. The summed E-state index contributed by atoms with van der Waals surface area (Å²) in [7, 11) is 0. The maximum Gasteiger partial charge on any atom is 0.271 e. The van der Waals surface area contributed by atoms with Crippen molar-refractivity contribution in [1.29, 1.82) is 0 Å². The summed E-state index contributed by atoms with van der Waals surface area (Å²) in [6.45, 7) is 1.75. The number of alkyl halides is 1. The molecule has 0 aliphatic rings. The number of benzene rings is 1. The molecule has 0 unspecified atom stereocenters. The minimum Gasteiger partial charge on any atom is -0.258 e. The molecule has 1 rings (SSSR count). The minimum atomic E-state index is -0.475. The Kier molecular flexibility index (Phi) is 3.12. The zero-order valence-corrected chi connectivity index (χ0v) is 8.39. The van der Waals surface area contributed by atoms with Gasteiger partial charge in [0.15, 0.2) is 0 Å². The highest BCUT2D eigenvalue weighted by Gasteiger charge is 2.11. The number of rotatable bonds is 2. The van der Waals surface area contributed by atoms with E-state index in [2.05, 4.69) is 0 Å². The van der Waals surface area contributed by atoms with Gasteiger partial charge in [0.05, 0.1) is 9.95 Å². The van der Waals surface area contributed by atoms with Crippen LogP contribution in [-0.2, 0) is 5.88 Å². The number of hydrogen-bond acceptors (Lipinski definition) is 2. The maximum atomic E-state index is 10.4. The Labute approximate surface area is 85.4 Å². The van der Waals surface area contributed by atoms with E-state index in [1.807, 2.05) is 0 Å². The number of non-ortho nitro benzene ring substituents is 1. The van der Waals surface area contributed by atoms with Crippen molar-refractivity contribution in [2.45, 2.75) is 12.8 Å². The van der Waals surface area contributed by atoms with Crippen molar-refractivity contribution in [1.82, 2.24) is 0 Å². The van der Waals surface area contributed by atoms with Gasteiger partial charge in [-0.15, -0.1) is 11.6 Å². The summed E-state index contributed by atoms with van der Waals surface area (Å²) in [5, 5.41) is 10.8. The molecule has 13 heavy (non-hydrogen) atoms. The van der Waals surface area contributed by atoms with Gasteiger partial charge < -0.3 is 0 Å². The number of hydrogen-bond donors (Lipinski definition) is 0. The van der Waals surface area contributed by atoms with Gasteiger partial charge in [-0.2, -0.15) is 0 Å². The van der Waals surface area contributed by atoms with Gasteiger partial charge in [-0.25, -0.2) is 0 Å². The summed E-state index contributed by atoms with van der Waals surface area (Å²) >= 11 is 11.4. The lowest BCUT2D eigenvalue weighted by Crippen LogP contribution is -1.92. The van der Waals surface area contributed by atoms with Crippen molar-refractivity contribution in [3.05, 3.63) is 38.4 Å². The maximum absolute atomic E-state index is 10.4. The molecule has 0 saturated carbocycles. The second kappa shape index (κ2) is 3.94. The summed E-state index contributed by atoms with van der Waals surface area (Å²) in [4.78, 5) is 9.94. The standard InChI is InChI=1S/C8H7Cl2NO2/c1-5-2-6(11(12)13)3-8(10)7(5)4-9/h2-3H,4H2,1H3. The fourth-order valence-corrected chi connectivity index (χ4v) is 1.78. The molecule has 0 saturated heterocycles. The first-order valence-electron chi connectivity index (χ1n) is 3.55. The van der Waals surface area contributed by atoms with E-state index in [1.54, 1.807) is 6.92 Å². The quantitative estimate of drug-likeness (QED) is 0.436. The van der Waals surface area contributed by atoms with Crippen LogP contribution in [0, 0.1) is 17.0 Å². The van der Waals surface area contributed by atoms with Crippen molar-refractivity contribution >= 4 is 28.9 Å². The largest absolute Gasteiger partial charge is 0.271 e. The number of nitro groups is 1. The average molecular weight is 220 g/mol. The zero-order valence-electron chi connectivity index (χ0n) is 6.88. The fraction of sp³-hybridized carbons (Fsp3) is 0.250. The Hall–Kier alpha value is -0.800. The molecule has 3 nitrogen and oxygen atoms in total. The normalized spacial score (nSPS) is 10.1. The molecular weight excluding hydrogens is 213 g/mol. The smallest absolute Gasteiger partial charge is 0.258 e. The highest BCUT2D eigenvalue weighted by molar-refractivity contribution is 6.32. The first-order valence-corrected chi connectivity index (χ1v) is 4.47. The number of aryl methyl sites for hydroxylation is 1. The Balaban J connectivity index is 3.28. The fourth-order valence-electron chi connectivity index (χ4n) is 1.03. The van der Waals surface area contributed by atoms with E-state index in [0.29, 0.717) is 5.02 Å². The van der Waals surface area contributed by atoms with Crippen LogP contribution in [0.15, 0.2) is 12.1 Å². The van der Waals surface area contributed by atoms with Crippen molar-refractivity contribution < 1.29 is 4.92 Å². The van der Waals surface area contributed by atoms with Crippen molar-refractivity contribution in [2.24, 2.45) is 0 Å². The predicted molar refractivity (Wildman–Crippen MR) is 52.4 cm³/mol. The van der Waals surface area contributed by atoms with Crippen LogP contribution < -0.4 is 0 Å². The van der Waals surface area contributed by atoms with Crippen LogP contribution in [0.5, 0.6) is 0 Å². The molecule has 0 radical (unpaired) electrons. The van der Waals surface area contributed by atoms with E-state index < -0.39 is 4.92 Å². The number of nitrogens with zero attached hydrogens (tertiary/aromatic N) is 1. The summed E-state index contributed by atoms with van der Waals surface area (Å²) in [6.07, 6.45) is 0. The molecule has 0 aromatic heterocycles. The SMILES string of the molecule is Cc1cc([N+](=O)[O-])cc(Cl)c1CCl. The first kappa shape index (κ1) is 10.3. The number of halogens is 2. The first-order chi connectivity index (χ1) is 6.06. The van der Waals surface area contributed by atoms with Crippen LogP contribution in [0.1, 0.15) is 11.1 Å². The summed E-state index contributed by atoms with van der Waals surface area (Å²) < 4.78 is 0. The van der Waals surface area contributed by atoms with Gasteiger partial charge >= 0.3 is 0 Å². The Morgan fingerprint density at radius 3 is 2.54 bits per heavy atom. The average Bonchev–Trinajstić information content (AvgIpc) is 2.03. The van der Waals surface area contributed by atoms with Crippen molar-refractivity contribution in [3.8, 4) is 0 Å². The Bertz CT molecular complexity index is 329. The van der Waals surface area contributed by atoms with Gasteiger partial charge in [-0.1, -0.05) is 11.6 Å². The molecule has 0 aliphatic carbocycles. The van der Waals surface area contributed by atoms with Crippen LogP contribution in [0.2, 0.25) is 5.02 Å². The molecule has 5 heteroatoms. The third-order valence-electron chi connectivity index (χ3n) is 1.75. The van der Waals surface area contributed by atoms with Gasteiger partial charge in [0.25, 0.3) is 5.69 Å². The van der Waals surface area contributed by atoms with E-state index in [-0.39, 0.29) is 11.6 Å². The molecule has 1 aromatic carbocycles. The van der Waals surface area contributed by atoms with E-state index in [0.717, 1.165) is 11.1 Å². The third kappa shape index (κ3) is 2.11. The second-order valence-corrected chi connectivity index (χ2v) is 3.29. The lowest BCUT2D eigenvalue weighted by atomic mass is 10.1. The molecule has 0 atom stereocenters. The lowest BCUT2D eigenvalue weighted by Gasteiger charge is -2.03. The van der Waals surface area contributed by atoms with E-state index in [4.69, 9.17) is 23.2 Å². The van der Waals surface area contributed by atoms with Crippen molar-refractivity contribution in [2.75, 3.05) is 0 Å². The zero-order chi connectivity index (χ0) is 10.0. The molecule has 0 spiro atoms. The van der Waals surface area contributed by atoms with Crippen molar-refractivity contribution in [3.63, 3.8) is 0 Å². The van der Waals surface area contributed by atoms with Gasteiger partial charge in [0.2, 0.25) is 0 Å². The minimum absolute atomic E-state index is 0.00336. The van der Waals surface area contributed by atoms with Gasteiger partial charge in [0.1, 0.15) is 0 Å². The van der Waals surface area contributed by atoms with Crippen LogP contribution >= 0.6 is 23.2 Å². The molecule has 0 fully saturated rings. The summed E-state index contributed by atoms with van der Waals surface area (Å²) in [6, 6.07) is 2.77. The topological polar surface area (TPSA) is 43.1 Å². The predicted octanol–water partition coefficient (Wildman–Crippen LogP) is 3.30. The van der Waals surface area contributed by atoms with Gasteiger partial charge in [0, 0.05) is 18.0 Å². The lowest BCUT2D eigenvalue weighted by molar-refractivity contribution is -0.384. The highest BCUT2D eigenvalue weighted by Crippen LogP contribution is 2.27. The van der Waals surface area contributed by atoms with E-state index >= 15 is 0 Å². The Morgan fingerprint density at radius 1 is 1.54 bits per heavy atom. The molecule has 0 aliphatic heterocycles.